The van der Waals surface area contributed by atoms with Gasteiger partial charge in [-0.15, -0.1) is 11.3 Å². The van der Waals surface area contributed by atoms with Gasteiger partial charge in [-0.05, 0) is 13.8 Å². The normalized spacial score (nSPS) is 18.1. The van der Waals surface area contributed by atoms with Crippen LogP contribution in [0.3, 0.4) is 0 Å². The van der Waals surface area contributed by atoms with Gasteiger partial charge in [0, 0.05) is 48.2 Å². The van der Waals surface area contributed by atoms with E-state index in [0.29, 0.717) is 0 Å². The molecule has 21 heavy (non-hydrogen) atoms. The molecule has 2 rings (SSSR count). The van der Waals surface area contributed by atoms with E-state index in [4.69, 9.17) is 4.74 Å². The summed E-state index contributed by atoms with van der Waals surface area (Å²) in [4.78, 5) is 8.37. The molecule has 1 aromatic heterocycles. The summed E-state index contributed by atoms with van der Waals surface area (Å²) in [6, 6.07) is 0. The standard InChI is InChI=1S/C16H29N3OS/c1-15(2,3)14-18-11-13(21-14)10-17-12-16(4,5)19-6-8-20-9-7-19/h11,17H,6-10,12H2,1-5H3. The molecule has 0 aromatic carbocycles. The molecule has 1 N–H and O–H groups in total. The maximum absolute atomic E-state index is 5.43. The van der Waals surface area contributed by atoms with Crippen molar-refractivity contribution in [2.75, 3.05) is 32.8 Å². The van der Waals surface area contributed by atoms with E-state index in [1.165, 1.54) is 9.88 Å². The lowest BCUT2D eigenvalue weighted by molar-refractivity contribution is -0.00965. The minimum Gasteiger partial charge on any atom is -0.379 e. The first kappa shape index (κ1) is 16.9. The zero-order valence-electron chi connectivity index (χ0n) is 14.0. The molecule has 2 heterocycles. The Bertz CT molecular complexity index is 445. The number of nitrogens with zero attached hydrogens (tertiary/aromatic N) is 2. The Labute approximate surface area is 132 Å². The van der Waals surface area contributed by atoms with E-state index in [1.54, 1.807) is 0 Å². The van der Waals surface area contributed by atoms with Crippen LogP contribution in [0.4, 0.5) is 0 Å². The van der Waals surface area contributed by atoms with E-state index in [9.17, 15) is 0 Å². The number of ether oxygens (including phenoxy) is 1. The first-order chi connectivity index (χ1) is 9.79. The summed E-state index contributed by atoms with van der Waals surface area (Å²) in [5, 5.41) is 4.81. The predicted molar refractivity (Wildman–Crippen MR) is 89.0 cm³/mol. The van der Waals surface area contributed by atoms with Crippen LogP contribution in [0.5, 0.6) is 0 Å². The zero-order chi connectivity index (χ0) is 15.5. The summed E-state index contributed by atoms with van der Waals surface area (Å²) >= 11 is 1.82. The Morgan fingerprint density at radius 1 is 1.24 bits per heavy atom. The van der Waals surface area contributed by atoms with E-state index < -0.39 is 0 Å². The lowest BCUT2D eigenvalue weighted by atomic mass is 9.98. The molecular weight excluding hydrogens is 282 g/mol. The lowest BCUT2D eigenvalue weighted by Gasteiger charge is -2.41. The SMILES string of the molecule is CC(C)(C)c1ncc(CNCC(C)(C)N2CCOCC2)s1. The Balaban J connectivity index is 1.81. The molecule has 0 amide bonds. The second-order valence-corrected chi connectivity index (χ2v) is 8.51. The molecule has 5 heteroatoms. The van der Waals surface area contributed by atoms with Gasteiger partial charge in [0.1, 0.15) is 0 Å². The Hall–Kier alpha value is -0.490. The molecule has 0 bridgehead atoms. The van der Waals surface area contributed by atoms with Crippen LogP contribution in [0.15, 0.2) is 6.20 Å². The third-order valence-corrected chi connectivity index (χ3v) is 5.34. The molecule has 1 aromatic rings. The summed E-state index contributed by atoms with van der Waals surface area (Å²) in [7, 11) is 0. The van der Waals surface area contributed by atoms with Crippen molar-refractivity contribution in [3.05, 3.63) is 16.1 Å². The minimum absolute atomic E-state index is 0.149. The summed E-state index contributed by atoms with van der Waals surface area (Å²) in [5.41, 5.74) is 0.317. The zero-order valence-corrected chi connectivity index (χ0v) is 14.8. The fourth-order valence-corrected chi connectivity index (χ4v) is 3.45. The van der Waals surface area contributed by atoms with Gasteiger partial charge in [0.15, 0.2) is 0 Å². The first-order valence-corrected chi connectivity index (χ1v) is 8.59. The van der Waals surface area contributed by atoms with E-state index in [2.05, 4.69) is 49.8 Å². The van der Waals surface area contributed by atoms with Crippen LogP contribution in [-0.2, 0) is 16.7 Å². The topological polar surface area (TPSA) is 37.4 Å². The Morgan fingerprint density at radius 3 is 2.48 bits per heavy atom. The average Bonchev–Trinajstić information content (AvgIpc) is 2.88. The third kappa shape index (κ3) is 4.74. The van der Waals surface area contributed by atoms with Crippen LogP contribution >= 0.6 is 11.3 Å². The number of nitrogens with one attached hydrogen (secondary N) is 1. The van der Waals surface area contributed by atoms with E-state index in [1.807, 2.05) is 17.5 Å². The van der Waals surface area contributed by atoms with Crippen LogP contribution in [-0.4, -0.2) is 48.3 Å². The van der Waals surface area contributed by atoms with Crippen LogP contribution in [0.25, 0.3) is 0 Å². The number of hydrogen-bond donors (Lipinski definition) is 1. The quantitative estimate of drug-likeness (QED) is 0.907. The smallest absolute Gasteiger partial charge is 0.0981 e. The van der Waals surface area contributed by atoms with Crippen LogP contribution in [0.2, 0.25) is 0 Å². The second-order valence-electron chi connectivity index (χ2n) is 7.40. The molecule has 4 nitrogen and oxygen atoms in total. The van der Waals surface area contributed by atoms with E-state index in [-0.39, 0.29) is 11.0 Å². The summed E-state index contributed by atoms with van der Waals surface area (Å²) in [6.45, 7) is 16.9. The first-order valence-electron chi connectivity index (χ1n) is 7.78. The number of rotatable bonds is 5. The molecule has 120 valence electrons. The van der Waals surface area contributed by atoms with Crippen molar-refractivity contribution in [3.8, 4) is 0 Å². The fourth-order valence-electron chi connectivity index (χ4n) is 2.51. The molecule has 0 atom stereocenters. The van der Waals surface area contributed by atoms with Gasteiger partial charge in [-0.1, -0.05) is 20.8 Å². The van der Waals surface area contributed by atoms with Crippen LogP contribution < -0.4 is 5.32 Å². The van der Waals surface area contributed by atoms with Crippen molar-refractivity contribution in [1.82, 2.24) is 15.2 Å². The molecule has 0 aliphatic carbocycles. The van der Waals surface area contributed by atoms with Gasteiger partial charge >= 0.3 is 0 Å². The van der Waals surface area contributed by atoms with E-state index >= 15 is 0 Å². The van der Waals surface area contributed by atoms with Crippen molar-refractivity contribution in [2.24, 2.45) is 0 Å². The van der Waals surface area contributed by atoms with Gasteiger partial charge in [-0.2, -0.15) is 0 Å². The number of morpholine rings is 1. The Morgan fingerprint density at radius 2 is 1.90 bits per heavy atom. The summed E-state index contributed by atoms with van der Waals surface area (Å²) < 4.78 is 5.43. The monoisotopic (exact) mass is 311 g/mol. The fraction of sp³-hybridized carbons (Fsp3) is 0.812. The van der Waals surface area contributed by atoms with E-state index in [0.717, 1.165) is 39.4 Å². The summed E-state index contributed by atoms with van der Waals surface area (Å²) in [6.07, 6.45) is 2.01. The molecule has 1 aliphatic heterocycles. The van der Waals surface area contributed by atoms with Crippen molar-refractivity contribution in [2.45, 2.75) is 52.1 Å². The summed E-state index contributed by atoms with van der Waals surface area (Å²) in [5.74, 6) is 0. The number of aromatic nitrogens is 1. The average molecular weight is 311 g/mol. The number of hydrogen-bond acceptors (Lipinski definition) is 5. The van der Waals surface area contributed by atoms with Crippen molar-refractivity contribution in [3.63, 3.8) is 0 Å². The maximum Gasteiger partial charge on any atom is 0.0981 e. The van der Waals surface area contributed by atoms with Crippen molar-refractivity contribution < 1.29 is 4.74 Å². The molecule has 1 aliphatic rings. The van der Waals surface area contributed by atoms with Gasteiger partial charge in [-0.25, -0.2) is 4.98 Å². The molecule has 0 saturated carbocycles. The highest BCUT2D eigenvalue weighted by atomic mass is 32.1. The molecular formula is C16H29N3OS. The molecule has 0 unspecified atom stereocenters. The van der Waals surface area contributed by atoms with Crippen LogP contribution in [0, 0.1) is 0 Å². The highest BCUT2D eigenvalue weighted by Crippen LogP contribution is 2.26. The molecule has 1 fully saturated rings. The third-order valence-electron chi connectivity index (χ3n) is 3.92. The van der Waals surface area contributed by atoms with Gasteiger partial charge < -0.3 is 10.1 Å². The van der Waals surface area contributed by atoms with Gasteiger partial charge in [0.2, 0.25) is 0 Å². The second kappa shape index (κ2) is 6.73. The van der Waals surface area contributed by atoms with Gasteiger partial charge in [0.05, 0.1) is 18.2 Å². The van der Waals surface area contributed by atoms with Crippen molar-refractivity contribution >= 4 is 11.3 Å². The molecule has 1 saturated heterocycles. The van der Waals surface area contributed by atoms with Crippen molar-refractivity contribution in [1.29, 1.82) is 0 Å². The molecule has 0 spiro atoms. The number of thiazole rings is 1. The van der Waals surface area contributed by atoms with Gasteiger partial charge in [0.25, 0.3) is 0 Å². The largest absolute Gasteiger partial charge is 0.379 e. The lowest BCUT2D eigenvalue weighted by Crippen LogP contribution is -2.54. The Kier molecular flexibility index (Phi) is 5.41. The maximum atomic E-state index is 5.43. The highest BCUT2D eigenvalue weighted by molar-refractivity contribution is 7.11. The van der Waals surface area contributed by atoms with Gasteiger partial charge in [-0.3, -0.25) is 4.90 Å². The highest BCUT2D eigenvalue weighted by Gasteiger charge is 2.27. The minimum atomic E-state index is 0.149. The molecule has 0 radical (unpaired) electrons. The predicted octanol–water partition coefficient (Wildman–Crippen LogP) is 2.64. The van der Waals surface area contributed by atoms with Crippen LogP contribution in [0.1, 0.15) is 44.5 Å².